The van der Waals surface area contributed by atoms with Crippen LogP contribution in [0.1, 0.15) is 25.1 Å². The first-order chi connectivity index (χ1) is 8.58. The van der Waals surface area contributed by atoms with Crippen LogP contribution >= 0.6 is 23.2 Å². The zero-order valence-corrected chi connectivity index (χ0v) is 12.3. The van der Waals surface area contributed by atoms with Gasteiger partial charge in [-0.1, -0.05) is 30.1 Å². The maximum absolute atomic E-state index is 6.31. The van der Waals surface area contributed by atoms with Crippen LogP contribution in [0.15, 0.2) is 12.1 Å². The van der Waals surface area contributed by atoms with E-state index in [1.54, 1.807) is 6.07 Å². The fraction of sp³-hybridized carbons (Fsp3) is 0.357. The zero-order chi connectivity index (χ0) is 13.3. The molecule has 0 aliphatic rings. The molecule has 4 heteroatoms. The summed E-state index contributed by atoms with van der Waals surface area (Å²) < 4.78 is 0. The smallest absolute Gasteiger partial charge is 0.0756 e. The Hall–Kier alpha value is -0.990. The number of halogens is 2. The number of benzene rings is 1. The van der Waals surface area contributed by atoms with E-state index in [-0.39, 0.29) is 0 Å². The van der Waals surface area contributed by atoms with Gasteiger partial charge in [0.05, 0.1) is 10.5 Å². The zero-order valence-electron chi connectivity index (χ0n) is 10.8. The molecule has 18 heavy (non-hydrogen) atoms. The Balaban J connectivity index is 2.86. The van der Waals surface area contributed by atoms with Crippen molar-refractivity contribution in [3.63, 3.8) is 0 Å². The second kappa shape index (κ2) is 5.33. The van der Waals surface area contributed by atoms with Gasteiger partial charge in [0.25, 0.3) is 0 Å². The molecule has 1 aromatic carbocycles. The van der Waals surface area contributed by atoms with Crippen LogP contribution in [0.25, 0.3) is 10.9 Å². The molecule has 2 nitrogen and oxygen atoms in total. The van der Waals surface area contributed by atoms with E-state index in [1.165, 1.54) is 0 Å². The average molecular weight is 283 g/mol. The van der Waals surface area contributed by atoms with Crippen LogP contribution in [0.4, 0.5) is 5.69 Å². The van der Waals surface area contributed by atoms with Gasteiger partial charge < -0.3 is 5.32 Å². The molecule has 0 aliphatic carbocycles. The topological polar surface area (TPSA) is 24.9 Å². The molecular weight excluding hydrogens is 267 g/mol. The van der Waals surface area contributed by atoms with Crippen molar-refractivity contribution in [2.24, 2.45) is 0 Å². The van der Waals surface area contributed by atoms with Crippen LogP contribution in [0, 0.1) is 6.92 Å². The van der Waals surface area contributed by atoms with Crippen molar-refractivity contribution >= 4 is 39.8 Å². The summed E-state index contributed by atoms with van der Waals surface area (Å²) in [5.74, 6) is 0. The van der Waals surface area contributed by atoms with Crippen molar-refractivity contribution in [2.75, 3.05) is 11.9 Å². The summed E-state index contributed by atoms with van der Waals surface area (Å²) in [5, 5.41) is 5.61. The number of nitrogens with zero attached hydrogens (tertiary/aromatic N) is 1. The van der Waals surface area contributed by atoms with Gasteiger partial charge in [0, 0.05) is 28.3 Å². The molecule has 0 spiro atoms. The highest BCUT2D eigenvalue weighted by Gasteiger charge is 2.13. The third kappa shape index (κ3) is 2.27. The van der Waals surface area contributed by atoms with Crippen molar-refractivity contribution in [2.45, 2.75) is 27.2 Å². The standard InChI is InChI=1S/C14H16Cl2N2/c1-4-11-8(3)14(17-5-2)13-10(16)6-9(15)7-12(13)18-11/h6-7H,4-5H2,1-3H3,(H,17,18). The third-order valence-electron chi connectivity index (χ3n) is 3.04. The van der Waals surface area contributed by atoms with Gasteiger partial charge >= 0.3 is 0 Å². The third-order valence-corrected chi connectivity index (χ3v) is 3.55. The number of rotatable bonds is 3. The fourth-order valence-electron chi connectivity index (χ4n) is 2.20. The molecule has 1 aromatic heterocycles. The van der Waals surface area contributed by atoms with E-state index in [2.05, 4.69) is 31.1 Å². The Morgan fingerprint density at radius 3 is 2.56 bits per heavy atom. The highest BCUT2D eigenvalue weighted by atomic mass is 35.5. The van der Waals surface area contributed by atoms with E-state index in [0.29, 0.717) is 10.0 Å². The maximum Gasteiger partial charge on any atom is 0.0756 e. The minimum Gasteiger partial charge on any atom is -0.384 e. The van der Waals surface area contributed by atoms with E-state index >= 15 is 0 Å². The van der Waals surface area contributed by atoms with Crippen LogP contribution in [-0.2, 0) is 6.42 Å². The summed E-state index contributed by atoms with van der Waals surface area (Å²) >= 11 is 12.4. The minimum atomic E-state index is 0.619. The molecule has 0 amide bonds. The maximum atomic E-state index is 6.31. The summed E-state index contributed by atoms with van der Waals surface area (Å²) in [6, 6.07) is 3.63. The largest absolute Gasteiger partial charge is 0.384 e. The van der Waals surface area contributed by atoms with Crippen molar-refractivity contribution in [3.05, 3.63) is 33.4 Å². The molecule has 0 unspecified atom stereocenters. The monoisotopic (exact) mass is 282 g/mol. The van der Waals surface area contributed by atoms with E-state index in [1.807, 2.05) is 6.07 Å². The Bertz CT molecular complexity index is 594. The van der Waals surface area contributed by atoms with E-state index in [4.69, 9.17) is 23.2 Å². The van der Waals surface area contributed by atoms with Gasteiger partial charge in [-0.2, -0.15) is 0 Å². The fourth-order valence-corrected chi connectivity index (χ4v) is 2.78. The molecule has 2 aromatic rings. The predicted octanol–water partition coefficient (Wildman–Crippen LogP) is 4.84. The number of nitrogens with one attached hydrogen (secondary N) is 1. The van der Waals surface area contributed by atoms with Crippen molar-refractivity contribution in [3.8, 4) is 0 Å². The second-order valence-corrected chi connectivity index (χ2v) is 5.07. The molecule has 1 N–H and O–H groups in total. The van der Waals surface area contributed by atoms with Crippen LogP contribution in [0.3, 0.4) is 0 Å². The highest BCUT2D eigenvalue weighted by molar-refractivity contribution is 6.39. The number of fused-ring (bicyclic) bond motifs is 1. The average Bonchev–Trinajstić information content (AvgIpc) is 2.32. The van der Waals surface area contributed by atoms with Crippen LogP contribution in [0.2, 0.25) is 10.0 Å². The van der Waals surface area contributed by atoms with E-state index in [0.717, 1.165) is 40.8 Å². The lowest BCUT2D eigenvalue weighted by atomic mass is 10.1. The van der Waals surface area contributed by atoms with Crippen LogP contribution < -0.4 is 5.32 Å². The lowest BCUT2D eigenvalue weighted by molar-refractivity contribution is 1.03. The van der Waals surface area contributed by atoms with Gasteiger partial charge in [0.2, 0.25) is 0 Å². The Morgan fingerprint density at radius 2 is 1.94 bits per heavy atom. The Labute approximate surface area is 117 Å². The number of hydrogen-bond donors (Lipinski definition) is 1. The number of aromatic nitrogens is 1. The van der Waals surface area contributed by atoms with Crippen molar-refractivity contribution in [1.82, 2.24) is 4.98 Å². The lowest BCUT2D eigenvalue weighted by Gasteiger charge is -2.15. The first kappa shape index (κ1) is 13.4. The number of aryl methyl sites for hydroxylation is 1. The number of anilines is 1. The molecule has 0 aliphatic heterocycles. The summed E-state index contributed by atoms with van der Waals surface area (Å²) in [7, 11) is 0. The first-order valence-electron chi connectivity index (χ1n) is 6.10. The molecule has 0 radical (unpaired) electrons. The summed E-state index contributed by atoms with van der Waals surface area (Å²) in [5.41, 5.74) is 4.17. The molecule has 0 fully saturated rings. The second-order valence-electron chi connectivity index (χ2n) is 4.22. The molecule has 96 valence electrons. The normalized spacial score (nSPS) is 10.9. The molecule has 0 bridgehead atoms. The molecule has 1 heterocycles. The van der Waals surface area contributed by atoms with Gasteiger partial charge in [-0.25, -0.2) is 0 Å². The van der Waals surface area contributed by atoms with Crippen molar-refractivity contribution in [1.29, 1.82) is 0 Å². The highest BCUT2D eigenvalue weighted by Crippen LogP contribution is 2.35. The van der Waals surface area contributed by atoms with Crippen LogP contribution in [-0.4, -0.2) is 11.5 Å². The first-order valence-corrected chi connectivity index (χ1v) is 6.86. The lowest BCUT2D eigenvalue weighted by Crippen LogP contribution is -2.04. The SMILES string of the molecule is CCNc1c(C)c(CC)nc2cc(Cl)cc(Cl)c12. The van der Waals surface area contributed by atoms with Gasteiger partial charge in [-0.05, 0) is 38.0 Å². The van der Waals surface area contributed by atoms with Crippen molar-refractivity contribution < 1.29 is 0 Å². The molecule has 0 saturated carbocycles. The van der Waals surface area contributed by atoms with Crippen LogP contribution in [0.5, 0.6) is 0 Å². The molecular formula is C14H16Cl2N2. The summed E-state index contributed by atoms with van der Waals surface area (Å²) in [6.45, 7) is 7.10. The quantitative estimate of drug-likeness (QED) is 0.871. The Kier molecular flexibility index (Phi) is 3.98. The summed E-state index contributed by atoms with van der Waals surface area (Å²) in [6.07, 6.45) is 0.893. The van der Waals surface area contributed by atoms with E-state index < -0.39 is 0 Å². The molecule has 0 atom stereocenters. The van der Waals surface area contributed by atoms with Gasteiger partial charge in [-0.3, -0.25) is 4.98 Å². The number of pyridine rings is 1. The van der Waals surface area contributed by atoms with Gasteiger partial charge in [0.15, 0.2) is 0 Å². The summed E-state index contributed by atoms with van der Waals surface area (Å²) in [4.78, 5) is 4.65. The molecule has 0 saturated heterocycles. The number of hydrogen-bond acceptors (Lipinski definition) is 2. The molecule has 2 rings (SSSR count). The minimum absolute atomic E-state index is 0.619. The predicted molar refractivity (Wildman–Crippen MR) is 80.0 cm³/mol. The van der Waals surface area contributed by atoms with Gasteiger partial charge in [0.1, 0.15) is 0 Å². The Morgan fingerprint density at radius 1 is 1.22 bits per heavy atom. The van der Waals surface area contributed by atoms with E-state index in [9.17, 15) is 0 Å². The van der Waals surface area contributed by atoms with Gasteiger partial charge in [-0.15, -0.1) is 0 Å².